The molecule has 0 aliphatic carbocycles. The molecule has 0 aromatic rings. The van der Waals surface area contributed by atoms with Gasteiger partial charge in [0.05, 0.1) is 6.54 Å². The van der Waals surface area contributed by atoms with E-state index in [2.05, 4.69) is 17.1 Å². The van der Waals surface area contributed by atoms with Gasteiger partial charge in [-0.1, -0.05) is 6.92 Å². The van der Waals surface area contributed by atoms with Gasteiger partial charge in [0.2, 0.25) is 5.91 Å². The summed E-state index contributed by atoms with van der Waals surface area (Å²) in [6.07, 6.45) is 3.88. The van der Waals surface area contributed by atoms with Crippen LogP contribution in [0.25, 0.3) is 0 Å². The fourth-order valence-corrected chi connectivity index (χ4v) is 2.22. The highest BCUT2D eigenvalue weighted by molar-refractivity contribution is 5.78. The molecule has 106 valence electrons. The third-order valence-corrected chi connectivity index (χ3v) is 3.17. The number of carbonyl (C=O) groups excluding carboxylic acids is 1. The fourth-order valence-electron chi connectivity index (χ4n) is 2.22. The van der Waals surface area contributed by atoms with E-state index in [1.54, 1.807) is 0 Å². The Kier molecular flexibility index (Phi) is 7.96. The maximum Gasteiger partial charge on any atom is 0.234 e. The Bertz CT molecular complexity index is 230. The molecule has 0 spiro atoms. The summed E-state index contributed by atoms with van der Waals surface area (Å²) in [6.45, 7) is 6.69. The second kappa shape index (κ2) is 9.30. The van der Waals surface area contributed by atoms with E-state index in [0.29, 0.717) is 19.1 Å². The normalized spacial score (nSPS) is 17.1. The quantitative estimate of drug-likeness (QED) is 0.658. The molecule has 0 saturated carbocycles. The lowest BCUT2D eigenvalue weighted by Gasteiger charge is -2.26. The van der Waals surface area contributed by atoms with Crippen molar-refractivity contribution in [3.8, 4) is 0 Å². The monoisotopic (exact) mass is 257 g/mol. The number of nitrogens with two attached hydrogens (primary N) is 1. The molecule has 0 atom stereocenters. The first-order valence-electron chi connectivity index (χ1n) is 7.05. The van der Waals surface area contributed by atoms with E-state index in [1.807, 2.05) is 0 Å². The highest BCUT2D eigenvalue weighted by Gasteiger charge is 2.17. The summed E-state index contributed by atoms with van der Waals surface area (Å²) in [5.74, 6) is 0.132. The number of rotatable bonds is 8. The number of ether oxygens (including phenoxy) is 1. The minimum atomic E-state index is 0.132. The standard InChI is InChI=1S/C13H27N3O2/c1-2-7-16(8-3-6-14)11-13(17)15-12-4-9-18-10-5-12/h12H,2-11,14H2,1H3,(H,15,17). The molecule has 0 aromatic carbocycles. The molecule has 0 radical (unpaired) electrons. The summed E-state index contributed by atoms with van der Waals surface area (Å²) in [5.41, 5.74) is 5.51. The van der Waals surface area contributed by atoms with Crippen LogP contribution in [-0.2, 0) is 9.53 Å². The van der Waals surface area contributed by atoms with Crippen LogP contribution >= 0.6 is 0 Å². The lowest BCUT2D eigenvalue weighted by molar-refractivity contribution is -0.123. The first-order chi connectivity index (χ1) is 8.76. The van der Waals surface area contributed by atoms with Crippen LogP contribution in [0.1, 0.15) is 32.6 Å². The van der Waals surface area contributed by atoms with Crippen LogP contribution in [0.5, 0.6) is 0 Å². The Balaban J connectivity index is 2.25. The zero-order chi connectivity index (χ0) is 13.2. The highest BCUT2D eigenvalue weighted by atomic mass is 16.5. The van der Waals surface area contributed by atoms with Gasteiger partial charge in [-0.25, -0.2) is 0 Å². The zero-order valence-electron chi connectivity index (χ0n) is 11.5. The van der Waals surface area contributed by atoms with Crippen molar-refractivity contribution in [1.82, 2.24) is 10.2 Å². The van der Waals surface area contributed by atoms with Crippen LogP contribution in [-0.4, -0.2) is 56.2 Å². The van der Waals surface area contributed by atoms with Crippen molar-refractivity contribution in [1.29, 1.82) is 0 Å². The van der Waals surface area contributed by atoms with E-state index in [1.165, 1.54) is 0 Å². The maximum absolute atomic E-state index is 11.9. The molecule has 5 heteroatoms. The number of carbonyl (C=O) groups is 1. The van der Waals surface area contributed by atoms with Crippen LogP contribution in [0.2, 0.25) is 0 Å². The van der Waals surface area contributed by atoms with E-state index >= 15 is 0 Å². The van der Waals surface area contributed by atoms with Gasteiger partial charge in [-0.2, -0.15) is 0 Å². The van der Waals surface area contributed by atoms with Gasteiger partial charge >= 0.3 is 0 Å². The summed E-state index contributed by atoms with van der Waals surface area (Å²) in [4.78, 5) is 14.1. The Hall–Kier alpha value is -0.650. The van der Waals surface area contributed by atoms with Crippen LogP contribution in [0.15, 0.2) is 0 Å². The summed E-state index contributed by atoms with van der Waals surface area (Å²) < 4.78 is 5.28. The minimum Gasteiger partial charge on any atom is -0.381 e. The second-order valence-corrected chi connectivity index (χ2v) is 4.87. The second-order valence-electron chi connectivity index (χ2n) is 4.87. The molecular weight excluding hydrogens is 230 g/mol. The molecular formula is C13H27N3O2. The molecule has 1 heterocycles. The molecule has 5 nitrogen and oxygen atoms in total. The predicted octanol–water partition coefficient (Wildman–Crippen LogP) is 0.342. The lowest BCUT2D eigenvalue weighted by atomic mass is 10.1. The first kappa shape index (κ1) is 15.4. The van der Waals surface area contributed by atoms with E-state index in [4.69, 9.17) is 10.5 Å². The first-order valence-corrected chi connectivity index (χ1v) is 7.05. The Morgan fingerprint density at radius 2 is 2.11 bits per heavy atom. The van der Waals surface area contributed by atoms with E-state index in [9.17, 15) is 4.79 Å². The third kappa shape index (κ3) is 6.33. The number of hydrogen-bond acceptors (Lipinski definition) is 4. The molecule has 1 rings (SSSR count). The maximum atomic E-state index is 11.9. The average molecular weight is 257 g/mol. The molecule has 18 heavy (non-hydrogen) atoms. The van der Waals surface area contributed by atoms with Crippen molar-refractivity contribution in [3.05, 3.63) is 0 Å². The van der Waals surface area contributed by atoms with Gasteiger partial charge in [-0.15, -0.1) is 0 Å². The van der Waals surface area contributed by atoms with Gasteiger partial charge in [0.1, 0.15) is 0 Å². The minimum absolute atomic E-state index is 0.132. The van der Waals surface area contributed by atoms with Crippen molar-refractivity contribution < 1.29 is 9.53 Å². The Morgan fingerprint density at radius 3 is 2.72 bits per heavy atom. The van der Waals surface area contributed by atoms with Gasteiger partial charge < -0.3 is 15.8 Å². The van der Waals surface area contributed by atoms with Gasteiger partial charge in [0.25, 0.3) is 0 Å². The Morgan fingerprint density at radius 1 is 1.39 bits per heavy atom. The van der Waals surface area contributed by atoms with Crippen LogP contribution in [0, 0.1) is 0 Å². The van der Waals surface area contributed by atoms with Gasteiger partial charge in [-0.05, 0) is 45.3 Å². The smallest absolute Gasteiger partial charge is 0.234 e. The topological polar surface area (TPSA) is 67.6 Å². The van der Waals surface area contributed by atoms with Crippen molar-refractivity contribution in [2.45, 2.75) is 38.6 Å². The molecule has 0 unspecified atom stereocenters. The molecule has 1 aliphatic heterocycles. The van der Waals surface area contributed by atoms with Crippen molar-refractivity contribution in [2.75, 3.05) is 39.4 Å². The highest BCUT2D eigenvalue weighted by Crippen LogP contribution is 2.06. The predicted molar refractivity (Wildman–Crippen MR) is 72.4 cm³/mol. The molecule has 1 aliphatic rings. The number of nitrogens with zero attached hydrogens (tertiary/aromatic N) is 1. The largest absolute Gasteiger partial charge is 0.381 e. The van der Waals surface area contributed by atoms with Crippen LogP contribution in [0.3, 0.4) is 0 Å². The van der Waals surface area contributed by atoms with E-state index in [0.717, 1.165) is 52.0 Å². The van der Waals surface area contributed by atoms with Crippen LogP contribution < -0.4 is 11.1 Å². The van der Waals surface area contributed by atoms with E-state index < -0.39 is 0 Å². The fraction of sp³-hybridized carbons (Fsp3) is 0.923. The SMILES string of the molecule is CCCN(CCCN)CC(=O)NC1CCOCC1. The van der Waals surface area contributed by atoms with Gasteiger partial charge in [0.15, 0.2) is 0 Å². The molecule has 1 amide bonds. The lowest BCUT2D eigenvalue weighted by Crippen LogP contribution is -2.44. The van der Waals surface area contributed by atoms with Crippen LogP contribution in [0.4, 0.5) is 0 Å². The number of hydrogen-bond donors (Lipinski definition) is 2. The number of nitrogens with one attached hydrogen (secondary N) is 1. The van der Waals surface area contributed by atoms with E-state index in [-0.39, 0.29) is 5.91 Å². The van der Waals surface area contributed by atoms with Crippen molar-refractivity contribution in [3.63, 3.8) is 0 Å². The zero-order valence-corrected chi connectivity index (χ0v) is 11.5. The van der Waals surface area contributed by atoms with Crippen molar-refractivity contribution >= 4 is 5.91 Å². The summed E-state index contributed by atoms with van der Waals surface area (Å²) >= 11 is 0. The third-order valence-electron chi connectivity index (χ3n) is 3.17. The summed E-state index contributed by atoms with van der Waals surface area (Å²) in [6, 6.07) is 0.296. The molecule has 1 fully saturated rings. The summed E-state index contributed by atoms with van der Waals surface area (Å²) in [7, 11) is 0. The molecule has 0 bridgehead atoms. The molecule has 1 saturated heterocycles. The average Bonchev–Trinajstić information content (AvgIpc) is 2.37. The number of amides is 1. The summed E-state index contributed by atoms with van der Waals surface area (Å²) in [5, 5.41) is 3.09. The van der Waals surface area contributed by atoms with Gasteiger partial charge in [-0.3, -0.25) is 9.69 Å². The molecule has 0 aromatic heterocycles. The van der Waals surface area contributed by atoms with Crippen molar-refractivity contribution in [2.24, 2.45) is 5.73 Å². The van der Waals surface area contributed by atoms with Gasteiger partial charge in [0, 0.05) is 19.3 Å². The Labute approximate surface area is 110 Å². The molecule has 3 N–H and O–H groups in total.